The summed E-state index contributed by atoms with van der Waals surface area (Å²) in [5.74, 6) is 0. The van der Waals surface area contributed by atoms with E-state index < -0.39 is 6.69 Å². The summed E-state index contributed by atoms with van der Waals surface area (Å²) in [4.78, 5) is 9.75. The number of hydrogen-bond acceptors (Lipinski definition) is 2. The fourth-order valence-corrected chi connectivity index (χ4v) is 3.65. The van der Waals surface area contributed by atoms with Gasteiger partial charge in [0.1, 0.15) is 0 Å². The Morgan fingerprint density at radius 2 is 1.45 bits per heavy atom. The van der Waals surface area contributed by atoms with Crippen molar-refractivity contribution < 1.29 is 4.89 Å². The van der Waals surface area contributed by atoms with Gasteiger partial charge in [-0.15, -0.1) is 0 Å². The molecule has 3 heteroatoms. The van der Waals surface area contributed by atoms with Crippen LogP contribution in [-0.2, 0) is 0 Å². The lowest BCUT2D eigenvalue weighted by Gasteiger charge is -2.11. The zero-order valence-electron chi connectivity index (χ0n) is 7.58. The van der Waals surface area contributed by atoms with Crippen LogP contribution in [0.15, 0.2) is 0 Å². The molecule has 0 amide bonds. The summed E-state index contributed by atoms with van der Waals surface area (Å²) < 4.78 is 0. The number of hydrogen-bond donors (Lipinski definition) is 2. The highest BCUT2D eigenvalue weighted by Crippen LogP contribution is 2.60. The van der Waals surface area contributed by atoms with Gasteiger partial charge in [0.25, 0.3) is 0 Å². The maximum atomic E-state index is 9.75. The zero-order valence-corrected chi connectivity index (χ0v) is 9.37. The Morgan fingerprint density at radius 3 is 1.73 bits per heavy atom. The third-order valence-electron chi connectivity index (χ3n) is 1.74. The maximum absolute atomic E-state index is 9.75. The van der Waals surface area contributed by atoms with E-state index in [0.29, 0.717) is 0 Å². The molecule has 0 fully saturated rings. The van der Waals surface area contributed by atoms with Crippen molar-refractivity contribution in [2.45, 2.75) is 39.5 Å². The molecule has 0 saturated heterocycles. The standard InChI is InChI=1S/C8H20OPS/c1-3-5-7-10(9,11)8-6-4-2/h9,11H,3-8H2,1-2H3/q+1. The Hall–Kier alpha value is 0.740. The Labute approximate surface area is 76.2 Å². The van der Waals surface area contributed by atoms with Crippen molar-refractivity contribution in [3.05, 3.63) is 0 Å². The van der Waals surface area contributed by atoms with Gasteiger partial charge in [-0.25, -0.2) is 4.89 Å². The molecular formula is C8H20OPS+. The summed E-state index contributed by atoms with van der Waals surface area (Å²) in [6.07, 6.45) is 6.44. The predicted octanol–water partition coefficient (Wildman–Crippen LogP) is 3.36. The van der Waals surface area contributed by atoms with Gasteiger partial charge < -0.3 is 0 Å². The fourth-order valence-electron chi connectivity index (χ4n) is 0.934. The molecule has 0 aliphatic carbocycles. The van der Waals surface area contributed by atoms with Crippen LogP contribution in [0.4, 0.5) is 0 Å². The van der Waals surface area contributed by atoms with Gasteiger partial charge in [0.15, 0.2) is 6.69 Å². The maximum Gasteiger partial charge on any atom is 0.197 e. The fraction of sp³-hybridized carbons (Fsp3) is 1.00. The van der Waals surface area contributed by atoms with Gasteiger partial charge in [0.2, 0.25) is 0 Å². The van der Waals surface area contributed by atoms with E-state index in [4.69, 9.17) is 0 Å². The molecule has 0 aliphatic rings. The van der Waals surface area contributed by atoms with Gasteiger partial charge in [-0.05, 0) is 12.8 Å². The third-order valence-corrected chi connectivity index (χ3v) is 5.00. The largest absolute Gasteiger partial charge is 0.240 e. The summed E-state index contributed by atoms with van der Waals surface area (Å²) in [6, 6.07) is 0. The van der Waals surface area contributed by atoms with E-state index in [2.05, 4.69) is 26.1 Å². The first-order valence-corrected chi connectivity index (χ1v) is 7.71. The summed E-state index contributed by atoms with van der Waals surface area (Å²) in [7, 11) is 0. The Balaban J connectivity index is 3.43. The molecule has 0 aromatic rings. The number of rotatable bonds is 6. The van der Waals surface area contributed by atoms with Crippen molar-refractivity contribution in [3.63, 3.8) is 0 Å². The van der Waals surface area contributed by atoms with Crippen LogP contribution in [0.5, 0.6) is 0 Å². The Morgan fingerprint density at radius 1 is 1.09 bits per heavy atom. The van der Waals surface area contributed by atoms with Crippen molar-refractivity contribution in [2.24, 2.45) is 0 Å². The summed E-state index contributed by atoms with van der Waals surface area (Å²) in [5, 5.41) is 0. The van der Waals surface area contributed by atoms with Crippen LogP contribution in [0.25, 0.3) is 0 Å². The highest BCUT2D eigenvalue weighted by atomic mass is 32.7. The van der Waals surface area contributed by atoms with Gasteiger partial charge in [-0.2, -0.15) is 0 Å². The smallest absolute Gasteiger partial charge is 0.197 e. The van der Waals surface area contributed by atoms with E-state index in [9.17, 15) is 4.89 Å². The molecule has 0 aromatic carbocycles. The number of unbranched alkanes of at least 4 members (excludes halogenated alkanes) is 2. The molecule has 1 N–H and O–H groups in total. The molecule has 0 aliphatic heterocycles. The minimum Gasteiger partial charge on any atom is -0.240 e. The van der Waals surface area contributed by atoms with E-state index in [-0.39, 0.29) is 0 Å². The average molecular weight is 195 g/mol. The van der Waals surface area contributed by atoms with Gasteiger partial charge in [0.05, 0.1) is 12.3 Å². The molecule has 11 heavy (non-hydrogen) atoms. The SMILES string of the molecule is CCCC[P+](O)(S)CCCC. The lowest BCUT2D eigenvalue weighted by atomic mass is 10.4. The minimum absolute atomic E-state index is 0.937. The molecule has 0 aromatic heterocycles. The molecule has 68 valence electrons. The highest BCUT2D eigenvalue weighted by molar-refractivity contribution is 8.50. The van der Waals surface area contributed by atoms with Crippen LogP contribution in [0, 0.1) is 0 Å². The molecule has 0 unspecified atom stereocenters. The zero-order chi connectivity index (χ0) is 8.74. The first-order valence-electron chi connectivity index (χ1n) is 4.45. The lowest BCUT2D eigenvalue weighted by Crippen LogP contribution is -1.96. The molecule has 0 atom stereocenters. The molecule has 0 saturated carbocycles. The van der Waals surface area contributed by atoms with Crippen molar-refractivity contribution in [1.82, 2.24) is 0 Å². The average Bonchev–Trinajstić information content (AvgIpc) is 1.97. The van der Waals surface area contributed by atoms with Crippen molar-refractivity contribution in [3.8, 4) is 0 Å². The molecule has 1 nitrogen and oxygen atoms in total. The monoisotopic (exact) mass is 195 g/mol. The highest BCUT2D eigenvalue weighted by Gasteiger charge is 2.28. The van der Waals surface area contributed by atoms with Gasteiger partial charge >= 0.3 is 0 Å². The normalized spacial score (nSPS) is 12.0. The molecule has 0 radical (unpaired) electrons. The molecule has 0 rings (SSSR count). The van der Waals surface area contributed by atoms with Crippen LogP contribution in [0.2, 0.25) is 0 Å². The van der Waals surface area contributed by atoms with Gasteiger partial charge in [0, 0.05) is 12.2 Å². The second-order valence-corrected chi connectivity index (χ2v) is 7.92. The first kappa shape index (κ1) is 11.7. The summed E-state index contributed by atoms with van der Waals surface area (Å²) in [6.45, 7) is 2.51. The summed E-state index contributed by atoms with van der Waals surface area (Å²) in [5.41, 5.74) is 0. The summed E-state index contributed by atoms with van der Waals surface area (Å²) >= 11 is 4.32. The second-order valence-electron chi connectivity index (χ2n) is 3.03. The van der Waals surface area contributed by atoms with Crippen LogP contribution in [-0.4, -0.2) is 17.2 Å². The molecule has 0 bridgehead atoms. The Kier molecular flexibility index (Phi) is 6.70. The van der Waals surface area contributed by atoms with E-state index >= 15 is 0 Å². The van der Waals surface area contributed by atoms with Gasteiger partial charge in [-0.1, -0.05) is 26.7 Å². The quantitative estimate of drug-likeness (QED) is 0.492. The second kappa shape index (κ2) is 6.28. The Bertz CT molecular complexity index is 86.1. The van der Waals surface area contributed by atoms with Crippen LogP contribution in [0.3, 0.4) is 0 Å². The minimum atomic E-state index is -1.78. The van der Waals surface area contributed by atoms with E-state index in [0.717, 1.165) is 38.0 Å². The topological polar surface area (TPSA) is 20.2 Å². The first-order chi connectivity index (χ1) is 5.12. The third kappa shape index (κ3) is 7.11. The molecular weight excluding hydrogens is 175 g/mol. The van der Waals surface area contributed by atoms with Crippen molar-refractivity contribution in [2.75, 3.05) is 12.3 Å². The van der Waals surface area contributed by atoms with E-state index in [1.807, 2.05) is 0 Å². The van der Waals surface area contributed by atoms with E-state index in [1.54, 1.807) is 0 Å². The number of thiol groups is 1. The van der Waals surface area contributed by atoms with Crippen LogP contribution in [0.1, 0.15) is 39.5 Å². The van der Waals surface area contributed by atoms with Crippen molar-refractivity contribution in [1.29, 1.82) is 0 Å². The molecule has 0 spiro atoms. The lowest BCUT2D eigenvalue weighted by molar-refractivity contribution is 0.608. The van der Waals surface area contributed by atoms with Crippen LogP contribution < -0.4 is 0 Å². The van der Waals surface area contributed by atoms with Gasteiger partial charge in [-0.3, -0.25) is 0 Å². The van der Waals surface area contributed by atoms with Crippen molar-refractivity contribution >= 4 is 18.9 Å². The predicted molar refractivity (Wildman–Crippen MR) is 57.7 cm³/mol. The molecule has 0 heterocycles. The van der Waals surface area contributed by atoms with E-state index in [1.165, 1.54) is 0 Å². The van der Waals surface area contributed by atoms with Crippen LogP contribution >= 0.6 is 18.9 Å².